The van der Waals surface area contributed by atoms with Crippen LogP contribution in [0.3, 0.4) is 0 Å². The standard InChI is InChI=1S/C26H20N4O3/c27-20-8-1-2-9-21(20)29-25(32)17-11-13-18(14-12-17)28-23(31)15-30-22-10-4-6-16-5-3-7-19(24(16)22)26(30)33/h1-14H,15,27H2,(H,28,31)(H,29,32). The van der Waals surface area contributed by atoms with Gasteiger partial charge in [0.15, 0.2) is 0 Å². The van der Waals surface area contributed by atoms with E-state index in [2.05, 4.69) is 10.6 Å². The van der Waals surface area contributed by atoms with E-state index in [0.29, 0.717) is 28.2 Å². The molecule has 7 nitrogen and oxygen atoms in total. The first kappa shape index (κ1) is 20.3. The van der Waals surface area contributed by atoms with E-state index in [-0.39, 0.29) is 24.3 Å². The molecule has 0 spiro atoms. The minimum absolute atomic E-state index is 0.109. The Kier molecular flexibility index (Phi) is 4.99. The SMILES string of the molecule is Nc1ccccc1NC(=O)c1ccc(NC(=O)CN2C(=O)c3cccc4cccc2c34)cc1. The average Bonchev–Trinajstić information content (AvgIpc) is 3.09. The number of hydrogen-bond donors (Lipinski definition) is 3. The fourth-order valence-corrected chi connectivity index (χ4v) is 3.99. The number of benzene rings is 4. The van der Waals surface area contributed by atoms with Gasteiger partial charge in [0.2, 0.25) is 5.91 Å². The number of nitrogens with two attached hydrogens (primary N) is 1. The molecule has 0 radical (unpaired) electrons. The van der Waals surface area contributed by atoms with Gasteiger partial charge >= 0.3 is 0 Å². The molecule has 0 saturated carbocycles. The van der Waals surface area contributed by atoms with Crippen molar-refractivity contribution in [3.05, 3.63) is 96.1 Å². The Labute approximate surface area is 189 Å². The zero-order valence-electron chi connectivity index (χ0n) is 17.5. The number of nitrogen functional groups attached to an aromatic ring is 1. The average molecular weight is 436 g/mol. The summed E-state index contributed by atoms with van der Waals surface area (Å²) in [5.74, 6) is -0.828. The third kappa shape index (κ3) is 3.76. The number of hydrogen-bond acceptors (Lipinski definition) is 4. The molecule has 0 fully saturated rings. The second-order valence-corrected chi connectivity index (χ2v) is 7.74. The summed E-state index contributed by atoms with van der Waals surface area (Å²) in [5.41, 5.74) is 9.16. The van der Waals surface area contributed by atoms with Crippen LogP contribution in [-0.4, -0.2) is 24.3 Å². The van der Waals surface area contributed by atoms with E-state index in [4.69, 9.17) is 5.73 Å². The Morgan fingerprint density at radius 3 is 2.30 bits per heavy atom. The Morgan fingerprint density at radius 2 is 1.55 bits per heavy atom. The van der Waals surface area contributed by atoms with Crippen LogP contribution in [0.15, 0.2) is 84.9 Å². The van der Waals surface area contributed by atoms with Crippen LogP contribution in [0.5, 0.6) is 0 Å². The molecule has 4 N–H and O–H groups in total. The van der Waals surface area contributed by atoms with Gasteiger partial charge in [-0.3, -0.25) is 19.3 Å². The van der Waals surface area contributed by atoms with E-state index in [9.17, 15) is 14.4 Å². The summed E-state index contributed by atoms with van der Waals surface area (Å²) in [4.78, 5) is 39.5. The number of carbonyl (C=O) groups is 3. The highest BCUT2D eigenvalue weighted by atomic mass is 16.2. The topological polar surface area (TPSA) is 105 Å². The highest BCUT2D eigenvalue weighted by Crippen LogP contribution is 2.36. The molecule has 4 aromatic rings. The van der Waals surface area contributed by atoms with E-state index >= 15 is 0 Å². The van der Waals surface area contributed by atoms with Gasteiger partial charge in [-0.1, -0.05) is 36.4 Å². The van der Waals surface area contributed by atoms with E-state index in [1.165, 1.54) is 4.90 Å². The van der Waals surface area contributed by atoms with Crippen LogP contribution < -0.4 is 21.3 Å². The first-order valence-corrected chi connectivity index (χ1v) is 10.4. The van der Waals surface area contributed by atoms with Gasteiger partial charge in [0, 0.05) is 22.2 Å². The lowest BCUT2D eigenvalue weighted by Gasteiger charge is -2.17. The fourth-order valence-electron chi connectivity index (χ4n) is 3.99. The lowest BCUT2D eigenvalue weighted by molar-refractivity contribution is -0.114. The van der Waals surface area contributed by atoms with Gasteiger partial charge in [-0.2, -0.15) is 0 Å². The van der Waals surface area contributed by atoms with Crippen molar-refractivity contribution in [3.8, 4) is 0 Å². The monoisotopic (exact) mass is 436 g/mol. The summed E-state index contributed by atoms with van der Waals surface area (Å²) in [6.45, 7) is -0.109. The number of rotatable bonds is 5. The van der Waals surface area contributed by atoms with E-state index in [0.717, 1.165) is 16.5 Å². The smallest absolute Gasteiger partial charge is 0.259 e. The van der Waals surface area contributed by atoms with E-state index in [1.807, 2.05) is 30.3 Å². The third-order valence-electron chi connectivity index (χ3n) is 5.59. The number of carbonyl (C=O) groups excluding carboxylic acids is 3. The van der Waals surface area contributed by atoms with Crippen molar-refractivity contribution in [1.82, 2.24) is 0 Å². The second-order valence-electron chi connectivity index (χ2n) is 7.74. The number of nitrogens with one attached hydrogen (secondary N) is 2. The zero-order valence-corrected chi connectivity index (χ0v) is 17.5. The van der Waals surface area contributed by atoms with Crippen molar-refractivity contribution >= 4 is 51.2 Å². The highest BCUT2D eigenvalue weighted by molar-refractivity contribution is 6.26. The molecule has 4 aromatic carbocycles. The van der Waals surface area contributed by atoms with Crippen molar-refractivity contribution < 1.29 is 14.4 Å². The maximum Gasteiger partial charge on any atom is 0.259 e. The first-order valence-electron chi connectivity index (χ1n) is 10.4. The number of para-hydroxylation sites is 2. The van der Waals surface area contributed by atoms with Crippen LogP contribution in [0.25, 0.3) is 10.8 Å². The molecule has 1 heterocycles. The summed E-state index contributed by atoms with van der Waals surface area (Å²) in [7, 11) is 0. The van der Waals surface area contributed by atoms with Crippen LogP contribution in [0.1, 0.15) is 20.7 Å². The van der Waals surface area contributed by atoms with Gasteiger partial charge < -0.3 is 16.4 Å². The molecule has 5 rings (SSSR count). The molecule has 3 amide bonds. The van der Waals surface area contributed by atoms with Gasteiger partial charge in [-0.05, 0) is 53.9 Å². The normalized spacial score (nSPS) is 12.1. The molecule has 0 unspecified atom stereocenters. The van der Waals surface area contributed by atoms with Crippen LogP contribution in [0, 0.1) is 0 Å². The first-order chi connectivity index (χ1) is 16.0. The van der Waals surface area contributed by atoms with Crippen molar-refractivity contribution in [1.29, 1.82) is 0 Å². The predicted octanol–water partition coefficient (Wildman–Crippen LogP) is 4.27. The molecular weight excluding hydrogens is 416 g/mol. The van der Waals surface area contributed by atoms with Gasteiger partial charge in [-0.15, -0.1) is 0 Å². The molecule has 162 valence electrons. The summed E-state index contributed by atoms with van der Waals surface area (Å²) in [6, 6.07) is 24.7. The van der Waals surface area contributed by atoms with Gasteiger partial charge in [0.25, 0.3) is 11.8 Å². The van der Waals surface area contributed by atoms with Crippen LogP contribution in [-0.2, 0) is 4.79 Å². The largest absolute Gasteiger partial charge is 0.397 e. The van der Waals surface area contributed by atoms with Crippen molar-refractivity contribution in [2.45, 2.75) is 0 Å². The predicted molar refractivity (Wildman–Crippen MR) is 130 cm³/mol. The van der Waals surface area contributed by atoms with Crippen molar-refractivity contribution in [3.63, 3.8) is 0 Å². The quantitative estimate of drug-likeness (QED) is 0.406. The lowest BCUT2D eigenvalue weighted by Crippen LogP contribution is -2.35. The Hall–Kier alpha value is -4.65. The second kappa shape index (κ2) is 8.12. The Balaban J connectivity index is 1.26. The van der Waals surface area contributed by atoms with Gasteiger partial charge in [-0.25, -0.2) is 0 Å². The minimum Gasteiger partial charge on any atom is -0.397 e. The molecule has 1 aliphatic heterocycles. The van der Waals surface area contributed by atoms with E-state index in [1.54, 1.807) is 54.6 Å². The van der Waals surface area contributed by atoms with E-state index < -0.39 is 0 Å². The summed E-state index contributed by atoms with van der Waals surface area (Å²) >= 11 is 0. The van der Waals surface area contributed by atoms with Crippen LogP contribution >= 0.6 is 0 Å². The third-order valence-corrected chi connectivity index (χ3v) is 5.59. The van der Waals surface area contributed by atoms with Crippen LogP contribution in [0.2, 0.25) is 0 Å². The summed E-state index contributed by atoms with van der Waals surface area (Å²) < 4.78 is 0. The number of nitrogens with zero attached hydrogens (tertiary/aromatic N) is 1. The summed E-state index contributed by atoms with van der Waals surface area (Å²) in [6.07, 6.45) is 0. The van der Waals surface area contributed by atoms with Gasteiger partial charge in [0.05, 0.1) is 17.1 Å². The fraction of sp³-hybridized carbons (Fsp3) is 0.0385. The molecule has 0 atom stereocenters. The summed E-state index contributed by atoms with van der Waals surface area (Å²) in [5, 5.41) is 7.38. The molecular formula is C26H20N4O3. The number of amides is 3. The van der Waals surface area contributed by atoms with Gasteiger partial charge in [0.1, 0.15) is 6.54 Å². The minimum atomic E-state index is -0.331. The highest BCUT2D eigenvalue weighted by Gasteiger charge is 2.30. The maximum atomic E-state index is 12.9. The molecule has 0 bridgehead atoms. The lowest BCUT2D eigenvalue weighted by atomic mass is 10.1. The zero-order chi connectivity index (χ0) is 22.9. The molecule has 0 aromatic heterocycles. The molecule has 7 heteroatoms. The molecule has 0 aliphatic carbocycles. The Morgan fingerprint density at radius 1 is 0.818 bits per heavy atom. The van der Waals surface area contributed by atoms with Crippen molar-refractivity contribution in [2.75, 3.05) is 27.8 Å². The molecule has 1 aliphatic rings. The van der Waals surface area contributed by atoms with Crippen LogP contribution in [0.4, 0.5) is 22.7 Å². The molecule has 0 saturated heterocycles. The van der Waals surface area contributed by atoms with Crippen molar-refractivity contribution in [2.24, 2.45) is 0 Å². The number of anilines is 4. The Bertz CT molecular complexity index is 1410. The molecule has 33 heavy (non-hydrogen) atoms. The maximum absolute atomic E-state index is 12.9.